The number of nitrogens with zero attached hydrogens (tertiary/aromatic N) is 1. The minimum Gasteiger partial charge on any atom is -0.496 e. The molecule has 3 rings (SSSR count). The second-order valence-electron chi connectivity index (χ2n) is 5.82. The smallest absolute Gasteiger partial charge is 0.259 e. The van der Waals surface area contributed by atoms with E-state index in [0.717, 1.165) is 39.8 Å². The minimum absolute atomic E-state index is 0.101. The molecule has 0 N–H and O–H groups in total. The first kappa shape index (κ1) is 16.8. The molecular formula is C20H23NO2S. The molecule has 126 valence electrons. The zero-order chi connectivity index (χ0) is 17.3. The van der Waals surface area contributed by atoms with Crippen LogP contribution in [-0.4, -0.2) is 11.7 Å². The van der Waals surface area contributed by atoms with Crippen molar-refractivity contribution in [3.63, 3.8) is 0 Å². The molecule has 4 heteroatoms. The van der Waals surface area contributed by atoms with Gasteiger partial charge in [0.15, 0.2) is 0 Å². The number of thiophene rings is 1. The fourth-order valence-corrected chi connectivity index (χ4v) is 4.17. The summed E-state index contributed by atoms with van der Waals surface area (Å²) in [4.78, 5) is 13.9. The van der Waals surface area contributed by atoms with Crippen LogP contribution in [0.15, 0.2) is 35.3 Å². The Morgan fingerprint density at radius 1 is 1.12 bits per heavy atom. The lowest BCUT2D eigenvalue weighted by Gasteiger charge is -2.12. The lowest BCUT2D eigenvalue weighted by atomic mass is 10.0. The van der Waals surface area contributed by atoms with Gasteiger partial charge in [0.05, 0.1) is 12.5 Å². The molecule has 0 amide bonds. The Kier molecular flexibility index (Phi) is 4.76. The molecule has 2 aromatic heterocycles. The Morgan fingerprint density at radius 3 is 2.54 bits per heavy atom. The van der Waals surface area contributed by atoms with E-state index < -0.39 is 0 Å². The number of aromatic nitrogens is 1. The van der Waals surface area contributed by atoms with Crippen LogP contribution in [0.1, 0.15) is 31.2 Å². The third kappa shape index (κ3) is 2.75. The van der Waals surface area contributed by atoms with Gasteiger partial charge in [0.2, 0.25) is 0 Å². The maximum Gasteiger partial charge on any atom is 0.259 e. The number of pyridine rings is 1. The van der Waals surface area contributed by atoms with Crippen molar-refractivity contribution in [3.05, 3.63) is 51.3 Å². The summed E-state index contributed by atoms with van der Waals surface area (Å²) >= 11 is 1.72. The van der Waals surface area contributed by atoms with Gasteiger partial charge in [0.1, 0.15) is 5.75 Å². The van der Waals surface area contributed by atoms with Crippen LogP contribution < -0.4 is 10.3 Å². The summed E-state index contributed by atoms with van der Waals surface area (Å²) in [5.41, 5.74) is 3.50. The van der Waals surface area contributed by atoms with E-state index in [1.165, 1.54) is 10.4 Å². The Hall–Kier alpha value is -2.07. The summed E-state index contributed by atoms with van der Waals surface area (Å²) in [6.07, 6.45) is 3.87. The van der Waals surface area contributed by atoms with Gasteiger partial charge in [-0.2, -0.15) is 0 Å². The Bertz CT molecular complexity index is 937. The van der Waals surface area contributed by atoms with E-state index >= 15 is 0 Å². The number of fused-ring (bicyclic) bond motifs is 1. The SMILES string of the molecule is CCc1cc2c(=O)n(CC)cc(-c3ccc(CC)c(OC)c3)c2s1. The van der Waals surface area contributed by atoms with Gasteiger partial charge >= 0.3 is 0 Å². The number of benzene rings is 1. The van der Waals surface area contributed by atoms with Gasteiger partial charge in [-0.15, -0.1) is 11.3 Å². The summed E-state index contributed by atoms with van der Waals surface area (Å²) < 4.78 is 8.42. The number of hydrogen-bond acceptors (Lipinski definition) is 3. The average molecular weight is 341 g/mol. The van der Waals surface area contributed by atoms with Gasteiger partial charge in [-0.05, 0) is 43.0 Å². The molecular weight excluding hydrogens is 318 g/mol. The summed E-state index contributed by atoms with van der Waals surface area (Å²) in [5, 5.41) is 0.828. The Morgan fingerprint density at radius 2 is 1.92 bits per heavy atom. The molecule has 24 heavy (non-hydrogen) atoms. The van der Waals surface area contributed by atoms with Gasteiger partial charge < -0.3 is 9.30 Å². The van der Waals surface area contributed by atoms with Crippen molar-refractivity contribution in [2.75, 3.05) is 7.11 Å². The molecule has 0 atom stereocenters. The highest BCUT2D eigenvalue weighted by molar-refractivity contribution is 7.19. The molecule has 0 unspecified atom stereocenters. The van der Waals surface area contributed by atoms with Gasteiger partial charge in [0, 0.05) is 27.9 Å². The largest absolute Gasteiger partial charge is 0.496 e. The van der Waals surface area contributed by atoms with Crippen molar-refractivity contribution in [1.29, 1.82) is 0 Å². The quantitative estimate of drug-likeness (QED) is 0.662. The summed E-state index contributed by atoms with van der Waals surface area (Å²) in [5.74, 6) is 0.907. The van der Waals surface area contributed by atoms with Crippen molar-refractivity contribution in [2.45, 2.75) is 40.2 Å². The number of hydrogen-bond donors (Lipinski definition) is 0. The molecule has 1 aromatic carbocycles. The van der Waals surface area contributed by atoms with Crippen LogP contribution in [0.2, 0.25) is 0 Å². The van der Waals surface area contributed by atoms with Crippen LogP contribution in [0.5, 0.6) is 5.75 Å². The van der Waals surface area contributed by atoms with Gasteiger partial charge in [-0.3, -0.25) is 4.79 Å². The van der Waals surface area contributed by atoms with Crippen LogP contribution in [0.4, 0.5) is 0 Å². The Balaban J connectivity index is 2.31. The number of methoxy groups -OCH3 is 1. The average Bonchev–Trinajstić information content (AvgIpc) is 3.06. The highest BCUT2D eigenvalue weighted by Crippen LogP contribution is 2.35. The van der Waals surface area contributed by atoms with Crippen LogP contribution in [-0.2, 0) is 19.4 Å². The van der Waals surface area contributed by atoms with Crippen molar-refractivity contribution in [1.82, 2.24) is 4.57 Å². The third-order valence-corrected chi connectivity index (χ3v) is 5.78. The van der Waals surface area contributed by atoms with Crippen LogP contribution in [0.3, 0.4) is 0 Å². The normalized spacial score (nSPS) is 11.2. The standard InChI is InChI=1S/C20H23NO2S/c1-5-13-8-9-14(10-18(13)23-4)17-12-21(7-3)20(22)16-11-15(6-2)24-19(16)17/h8-12H,5-7H2,1-4H3. The van der Waals surface area contributed by atoms with Gasteiger partial charge in [-0.25, -0.2) is 0 Å². The maximum atomic E-state index is 12.6. The number of rotatable bonds is 5. The number of aryl methyl sites for hydroxylation is 3. The molecule has 0 aliphatic heterocycles. The van der Waals surface area contributed by atoms with Crippen LogP contribution in [0.25, 0.3) is 21.2 Å². The first-order chi connectivity index (χ1) is 11.6. The predicted octanol–water partition coefficient (Wildman–Crippen LogP) is 4.88. The molecule has 0 aliphatic carbocycles. The molecule has 0 fully saturated rings. The molecule has 2 heterocycles. The maximum absolute atomic E-state index is 12.6. The first-order valence-corrected chi connectivity index (χ1v) is 9.27. The van der Waals surface area contributed by atoms with E-state index in [4.69, 9.17) is 4.74 Å². The summed E-state index contributed by atoms with van der Waals surface area (Å²) in [7, 11) is 1.71. The van der Waals surface area contributed by atoms with Crippen molar-refractivity contribution >= 4 is 21.4 Å². The van der Waals surface area contributed by atoms with Gasteiger partial charge in [-0.1, -0.05) is 26.0 Å². The van der Waals surface area contributed by atoms with Crippen molar-refractivity contribution in [3.8, 4) is 16.9 Å². The number of ether oxygens (including phenoxy) is 1. The Labute approximate surface area is 146 Å². The predicted molar refractivity (Wildman–Crippen MR) is 103 cm³/mol. The van der Waals surface area contributed by atoms with E-state index in [1.807, 2.05) is 13.1 Å². The topological polar surface area (TPSA) is 31.2 Å². The molecule has 3 aromatic rings. The summed E-state index contributed by atoms with van der Waals surface area (Å²) in [6.45, 7) is 6.93. The molecule has 0 radical (unpaired) electrons. The van der Waals surface area contributed by atoms with Gasteiger partial charge in [0.25, 0.3) is 5.56 Å². The molecule has 3 nitrogen and oxygen atoms in total. The monoisotopic (exact) mass is 341 g/mol. The van der Waals surface area contributed by atoms with E-state index in [1.54, 1.807) is 23.0 Å². The molecule has 0 saturated carbocycles. The first-order valence-electron chi connectivity index (χ1n) is 8.46. The van der Waals surface area contributed by atoms with Crippen molar-refractivity contribution in [2.24, 2.45) is 0 Å². The van der Waals surface area contributed by atoms with E-state index in [-0.39, 0.29) is 5.56 Å². The minimum atomic E-state index is 0.101. The highest BCUT2D eigenvalue weighted by atomic mass is 32.1. The molecule has 0 aliphatic rings. The second kappa shape index (κ2) is 6.81. The molecule has 0 saturated heterocycles. The lowest BCUT2D eigenvalue weighted by molar-refractivity contribution is 0.410. The van der Waals surface area contributed by atoms with E-state index in [0.29, 0.717) is 6.54 Å². The third-order valence-electron chi connectivity index (χ3n) is 4.47. The molecule has 0 spiro atoms. The zero-order valence-corrected chi connectivity index (χ0v) is 15.5. The van der Waals surface area contributed by atoms with Crippen LogP contribution >= 0.6 is 11.3 Å². The van der Waals surface area contributed by atoms with Crippen molar-refractivity contribution < 1.29 is 4.74 Å². The zero-order valence-electron chi connectivity index (χ0n) is 14.7. The fraction of sp³-hybridized carbons (Fsp3) is 0.350. The van der Waals surface area contributed by atoms with E-state index in [2.05, 4.69) is 38.1 Å². The fourth-order valence-electron chi connectivity index (χ4n) is 3.05. The molecule has 0 bridgehead atoms. The lowest BCUT2D eigenvalue weighted by Crippen LogP contribution is -2.18. The highest BCUT2D eigenvalue weighted by Gasteiger charge is 2.14. The van der Waals surface area contributed by atoms with Crippen LogP contribution in [0, 0.1) is 0 Å². The summed E-state index contributed by atoms with van der Waals surface area (Å²) in [6, 6.07) is 8.39. The second-order valence-corrected chi connectivity index (χ2v) is 6.96. The van der Waals surface area contributed by atoms with E-state index in [9.17, 15) is 4.79 Å².